The number of aromatic nitrogens is 1. The number of halogens is 1. The van der Waals surface area contributed by atoms with Crippen molar-refractivity contribution in [3.63, 3.8) is 0 Å². The highest BCUT2D eigenvalue weighted by Gasteiger charge is 2.10. The molecule has 0 spiro atoms. The first-order valence-corrected chi connectivity index (χ1v) is 6.93. The van der Waals surface area contributed by atoms with Crippen LogP contribution in [0, 0.1) is 13.8 Å². The molecule has 0 radical (unpaired) electrons. The fourth-order valence-corrected chi connectivity index (χ4v) is 2.91. The molecule has 17 heavy (non-hydrogen) atoms. The Bertz CT molecular complexity index is 597. The highest BCUT2D eigenvalue weighted by molar-refractivity contribution is 9.10. The molecule has 0 aliphatic rings. The van der Waals surface area contributed by atoms with E-state index in [9.17, 15) is 0 Å². The van der Waals surface area contributed by atoms with Crippen molar-refractivity contribution in [2.24, 2.45) is 5.10 Å². The maximum atomic E-state index is 4.53. The van der Waals surface area contributed by atoms with E-state index in [1.807, 2.05) is 13.8 Å². The van der Waals surface area contributed by atoms with Crippen LogP contribution in [0.4, 0.5) is 5.13 Å². The lowest BCUT2D eigenvalue weighted by Gasteiger charge is -2.02. The van der Waals surface area contributed by atoms with Crippen molar-refractivity contribution in [3.8, 4) is 0 Å². The van der Waals surface area contributed by atoms with E-state index in [1.54, 1.807) is 11.3 Å². The van der Waals surface area contributed by atoms with E-state index in [2.05, 4.69) is 51.4 Å². The van der Waals surface area contributed by atoms with E-state index in [1.165, 1.54) is 15.8 Å². The summed E-state index contributed by atoms with van der Waals surface area (Å²) in [5.41, 5.74) is 7.44. The van der Waals surface area contributed by atoms with Gasteiger partial charge in [-0.25, -0.2) is 4.98 Å². The second-order valence-corrected chi connectivity index (χ2v) is 5.96. The summed E-state index contributed by atoms with van der Waals surface area (Å²) in [6, 6.07) is 2.09. The van der Waals surface area contributed by atoms with Crippen LogP contribution >= 0.6 is 27.3 Å². The number of aryl methyl sites for hydroxylation is 2. The summed E-state index contributed by atoms with van der Waals surface area (Å²) in [6.45, 7) is 8.09. The van der Waals surface area contributed by atoms with Crippen LogP contribution in [-0.2, 0) is 0 Å². The van der Waals surface area contributed by atoms with Gasteiger partial charge >= 0.3 is 0 Å². The first kappa shape index (κ1) is 12.5. The summed E-state index contributed by atoms with van der Waals surface area (Å²) >= 11 is 5.23. The van der Waals surface area contributed by atoms with E-state index in [0.29, 0.717) is 0 Å². The number of hydrazone groups is 1. The zero-order chi connectivity index (χ0) is 12.6. The molecule has 0 aliphatic heterocycles. The van der Waals surface area contributed by atoms with E-state index in [4.69, 9.17) is 0 Å². The minimum absolute atomic E-state index is 0.835. The Labute approximate surface area is 113 Å². The summed E-state index contributed by atoms with van der Waals surface area (Å²) in [6.07, 6.45) is 0. The largest absolute Gasteiger partial charge is 0.253 e. The molecule has 2 aromatic rings. The highest BCUT2D eigenvalue weighted by atomic mass is 79.9. The molecule has 0 atom stereocenters. The maximum Gasteiger partial charge on any atom is 0.204 e. The average molecular weight is 312 g/mol. The van der Waals surface area contributed by atoms with Gasteiger partial charge in [0.25, 0.3) is 0 Å². The summed E-state index contributed by atoms with van der Waals surface area (Å²) in [4.78, 5) is 4.53. The van der Waals surface area contributed by atoms with Gasteiger partial charge in [0.1, 0.15) is 0 Å². The topological polar surface area (TPSA) is 37.3 Å². The van der Waals surface area contributed by atoms with Crippen LogP contribution in [0.3, 0.4) is 0 Å². The Balaban J connectivity index is 2.51. The number of rotatable bonds is 2. The third-order valence-corrected chi connectivity index (χ3v) is 4.71. The molecule has 90 valence electrons. The number of nitrogens with one attached hydrogen (secondary N) is 1. The second-order valence-electron chi connectivity index (χ2n) is 4.17. The van der Waals surface area contributed by atoms with Gasteiger partial charge in [-0.2, -0.15) is 5.10 Å². The lowest BCUT2D eigenvalue weighted by atomic mass is 10.1. The van der Waals surface area contributed by atoms with E-state index in [0.717, 1.165) is 20.8 Å². The highest BCUT2D eigenvalue weighted by Crippen LogP contribution is 2.34. The molecule has 0 bridgehead atoms. The number of thiazole rings is 1. The van der Waals surface area contributed by atoms with Crippen LogP contribution < -0.4 is 5.43 Å². The van der Waals surface area contributed by atoms with Crippen molar-refractivity contribution in [2.45, 2.75) is 27.7 Å². The molecule has 0 amide bonds. The van der Waals surface area contributed by atoms with Gasteiger partial charge < -0.3 is 0 Å². The Morgan fingerprint density at radius 2 is 2.12 bits per heavy atom. The first-order valence-electron chi connectivity index (χ1n) is 5.32. The number of hydrogen-bond acceptors (Lipinski definition) is 4. The predicted octanol–water partition coefficient (Wildman–Crippen LogP) is 4.48. The van der Waals surface area contributed by atoms with Crippen LogP contribution in [0.5, 0.6) is 0 Å². The van der Waals surface area contributed by atoms with Crippen molar-refractivity contribution in [1.29, 1.82) is 0 Å². The molecule has 1 aromatic carbocycles. The average Bonchev–Trinajstić information content (AvgIpc) is 2.66. The molecule has 3 nitrogen and oxygen atoms in total. The third kappa shape index (κ3) is 2.50. The number of benzene rings is 1. The van der Waals surface area contributed by atoms with Gasteiger partial charge in [-0.3, -0.25) is 5.43 Å². The number of anilines is 1. The van der Waals surface area contributed by atoms with Gasteiger partial charge in [0, 0.05) is 10.2 Å². The van der Waals surface area contributed by atoms with Crippen molar-refractivity contribution in [3.05, 3.63) is 21.7 Å². The molecule has 5 heteroatoms. The van der Waals surface area contributed by atoms with Gasteiger partial charge in [-0.1, -0.05) is 27.3 Å². The SMILES string of the molecule is CC(C)=NNc1nc2cc(C)c(Br)c(C)c2s1. The first-order chi connectivity index (χ1) is 7.99. The van der Waals surface area contributed by atoms with Crippen LogP contribution in [0.15, 0.2) is 15.6 Å². The van der Waals surface area contributed by atoms with Crippen LogP contribution in [-0.4, -0.2) is 10.7 Å². The van der Waals surface area contributed by atoms with Gasteiger partial charge in [0.05, 0.1) is 10.2 Å². The Morgan fingerprint density at radius 3 is 2.76 bits per heavy atom. The summed E-state index contributed by atoms with van der Waals surface area (Å²) in [5, 5.41) is 5.00. The zero-order valence-corrected chi connectivity index (χ0v) is 12.7. The van der Waals surface area contributed by atoms with Gasteiger partial charge in [-0.05, 0) is 44.9 Å². The molecule has 0 aliphatic carbocycles. The fourth-order valence-electron chi connectivity index (χ4n) is 1.57. The normalized spacial score (nSPS) is 10.6. The quantitative estimate of drug-likeness (QED) is 0.655. The van der Waals surface area contributed by atoms with E-state index >= 15 is 0 Å². The van der Waals surface area contributed by atoms with E-state index in [-0.39, 0.29) is 0 Å². The molecule has 1 heterocycles. The summed E-state index contributed by atoms with van der Waals surface area (Å²) in [7, 11) is 0. The van der Waals surface area contributed by atoms with Crippen LogP contribution in [0.1, 0.15) is 25.0 Å². The van der Waals surface area contributed by atoms with E-state index < -0.39 is 0 Å². The predicted molar refractivity (Wildman–Crippen MR) is 79.2 cm³/mol. The molecule has 1 aromatic heterocycles. The van der Waals surface area contributed by atoms with Crippen molar-refractivity contribution in [2.75, 3.05) is 5.43 Å². The monoisotopic (exact) mass is 311 g/mol. The summed E-state index contributed by atoms with van der Waals surface area (Å²) in [5.74, 6) is 0. The van der Waals surface area contributed by atoms with Gasteiger partial charge in [0.15, 0.2) is 0 Å². The number of fused-ring (bicyclic) bond motifs is 1. The minimum Gasteiger partial charge on any atom is -0.253 e. The molecular formula is C12H14BrN3S. The van der Waals surface area contributed by atoms with Crippen molar-refractivity contribution >= 4 is 48.3 Å². The molecule has 0 saturated heterocycles. The Kier molecular flexibility index (Phi) is 3.49. The lowest BCUT2D eigenvalue weighted by Crippen LogP contribution is -1.91. The van der Waals surface area contributed by atoms with Crippen LogP contribution in [0.25, 0.3) is 10.2 Å². The second kappa shape index (κ2) is 4.74. The van der Waals surface area contributed by atoms with Crippen LogP contribution in [0.2, 0.25) is 0 Å². The minimum atomic E-state index is 0.835. The third-order valence-electron chi connectivity index (χ3n) is 2.40. The van der Waals surface area contributed by atoms with Crippen molar-refractivity contribution in [1.82, 2.24) is 4.98 Å². The maximum absolute atomic E-state index is 4.53. The Morgan fingerprint density at radius 1 is 1.41 bits per heavy atom. The smallest absolute Gasteiger partial charge is 0.204 e. The van der Waals surface area contributed by atoms with Crippen molar-refractivity contribution < 1.29 is 0 Å². The molecule has 1 N–H and O–H groups in total. The lowest BCUT2D eigenvalue weighted by molar-refractivity contribution is 1.28. The zero-order valence-electron chi connectivity index (χ0n) is 10.3. The summed E-state index contributed by atoms with van der Waals surface area (Å²) < 4.78 is 2.37. The molecular weight excluding hydrogens is 298 g/mol. The fraction of sp³-hybridized carbons (Fsp3) is 0.333. The number of nitrogens with zero attached hydrogens (tertiary/aromatic N) is 2. The van der Waals surface area contributed by atoms with Gasteiger partial charge in [0.2, 0.25) is 5.13 Å². The molecule has 0 unspecified atom stereocenters. The standard InChI is InChI=1S/C12H14BrN3S/c1-6(2)15-16-12-14-9-5-7(3)10(13)8(4)11(9)17-12/h5H,1-4H3,(H,14,16). The molecule has 2 rings (SSSR count). The van der Waals surface area contributed by atoms with Gasteiger partial charge in [-0.15, -0.1) is 0 Å². The Hall–Kier alpha value is -0.940. The molecule has 0 saturated carbocycles. The molecule has 0 fully saturated rings. The number of hydrogen-bond donors (Lipinski definition) is 1.